The second-order valence-corrected chi connectivity index (χ2v) is 5.12. The number of nitrogens with two attached hydrogens (primary N) is 1. The van der Waals surface area contributed by atoms with Gasteiger partial charge in [-0.25, -0.2) is 0 Å². The fraction of sp³-hybridized carbons (Fsp3) is 0.467. The van der Waals surface area contributed by atoms with Crippen LogP contribution in [0.25, 0.3) is 0 Å². The van der Waals surface area contributed by atoms with Crippen molar-refractivity contribution in [2.75, 3.05) is 13.7 Å². The summed E-state index contributed by atoms with van der Waals surface area (Å²) >= 11 is 0. The van der Waals surface area contributed by atoms with Crippen molar-refractivity contribution in [2.24, 2.45) is 5.73 Å². The van der Waals surface area contributed by atoms with Crippen LogP contribution in [0.15, 0.2) is 18.2 Å². The quantitative estimate of drug-likeness (QED) is 0.786. The van der Waals surface area contributed by atoms with E-state index >= 15 is 0 Å². The number of rotatable bonds is 5. The van der Waals surface area contributed by atoms with E-state index in [1.165, 1.54) is 18.2 Å². The molecule has 1 aromatic carbocycles. The van der Waals surface area contributed by atoms with Gasteiger partial charge >= 0.3 is 5.97 Å². The van der Waals surface area contributed by atoms with Gasteiger partial charge in [0, 0.05) is 12.6 Å². The smallest absolute Gasteiger partial charge is 0.307 e. The number of hydrogen-bond acceptors (Lipinski definition) is 4. The van der Waals surface area contributed by atoms with Crippen molar-refractivity contribution in [1.29, 1.82) is 0 Å². The monoisotopic (exact) mass is 312 g/mol. The number of amides is 1. The molecule has 0 aromatic heterocycles. The maximum atomic E-state index is 11.8. The third kappa shape index (κ3) is 5.02. The van der Waals surface area contributed by atoms with Gasteiger partial charge in [-0.1, -0.05) is 18.2 Å². The highest BCUT2D eigenvalue weighted by Crippen LogP contribution is 2.22. The van der Waals surface area contributed by atoms with Crippen LogP contribution in [0.2, 0.25) is 0 Å². The van der Waals surface area contributed by atoms with Crippen molar-refractivity contribution in [3.8, 4) is 0 Å². The molecule has 6 heteroatoms. The van der Waals surface area contributed by atoms with Crippen LogP contribution in [0, 0.1) is 0 Å². The zero-order chi connectivity index (χ0) is 14.5. The number of benzene rings is 1. The predicted molar refractivity (Wildman–Crippen MR) is 82.4 cm³/mol. The molecule has 1 aliphatic carbocycles. The van der Waals surface area contributed by atoms with Crippen LogP contribution >= 0.6 is 12.4 Å². The van der Waals surface area contributed by atoms with Crippen molar-refractivity contribution in [3.63, 3.8) is 0 Å². The van der Waals surface area contributed by atoms with Gasteiger partial charge in [-0.3, -0.25) is 9.59 Å². The third-order valence-corrected chi connectivity index (χ3v) is 3.48. The Bertz CT molecular complexity index is 520. The number of nitrogens with one attached hydrogen (secondary N) is 1. The summed E-state index contributed by atoms with van der Waals surface area (Å²) in [6, 6.07) is 6.28. The molecule has 1 atom stereocenters. The van der Waals surface area contributed by atoms with Gasteiger partial charge in [0.2, 0.25) is 5.91 Å². The van der Waals surface area contributed by atoms with Crippen LogP contribution in [-0.4, -0.2) is 31.6 Å². The molecule has 0 aliphatic heterocycles. The van der Waals surface area contributed by atoms with Crippen LogP contribution in [-0.2, 0) is 33.6 Å². The third-order valence-electron chi connectivity index (χ3n) is 3.48. The maximum Gasteiger partial charge on any atom is 0.307 e. The van der Waals surface area contributed by atoms with E-state index < -0.39 is 0 Å². The minimum atomic E-state index is -0.322. The average Bonchev–Trinajstić information content (AvgIpc) is 2.77. The van der Waals surface area contributed by atoms with Crippen molar-refractivity contribution in [3.05, 3.63) is 34.9 Å². The molecule has 1 amide bonds. The van der Waals surface area contributed by atoms with E-state index in [0.29, 0.717) is 13.0 Å². The lowest BCUT2D eigenvalue weighted by molar-refractivity contribution is -0.140. The van der Waals surface area contributed by atoms with Gasteiger partial charge in [0.15, 0.2) is 0 Å². The second kappa shape index (κ2) is 8.00. The highest BCUT2D eigenvalue weighted by molar-refractivity contribution is 5.85. The van der Waals surface area contributed by atoms with E-state index in [0.717, 1.165) is 18.4 Å². The average molecular weight is 313 g/mol. The normalized spacial score (nSPS) is 15.8. The fourth-order valence-electron chi connectivity index (χ4n) is 2.47. The van der Waals surface area contributed by atoms with E-state index in [4.69, 9.17) is 5.73 Å². The lowest BCUT2D eigenvalue weighted by Crippen LogP contribution is -2.27. The molecule has 3 N–H and O–H groups in total. The molecular weight excluding hydrogens is 292 g/mol. The fourth-order valence-corrected chi connectivity index (χ4v) is 2.47. The molecule has 1 unspecified atom stereocenters. The zero-order valence-electron chi connectivity index (χ0n) is 12.1. The Morgan fingerprint density at radius 1 is 1.33 bits per heavy atom. The van der Waals surface area contributed by atoms with Crippen molar-refractivity contribution in [2.45, 2.75) is 31.7 Å². The van der Waals surface area contributed by atoms with Crippen LogP contribution in [0.4, 0.5) is 0 Å². The molecule has 0 saturated heterocycles. The van der Waals surface area contributed by atoms with Crippen molar-refractivity contribution >= 4 is 24.3 Å². The minimum Gasteiger partial charge on any atom is -0.469 e. The Morgan fingerprint density at radius 3 is 2.76 bits per heavy atom. The molecule has 0 bridgehead atoms. The standard InChI is InChI=1S/C15H20N2O3.ClH/c1-20-15(19)4-5-17-14(18)7-10-2-3-11-8-13(16)9-12(11)6-10;/h2-3,6,13H,4-5,7-9,16H2,1H3,(H,17,18);1H. The summed E-state index contributed by atoms with van der Waals surface area (Å²) in [6.45, 7) is 0.307. The van der Waals surface area contributed by atoms with Gasteiger partial charge in [0.1, 0.15) is 0 Å². The highest BCUT2D eigenvalue weighted by atomic mass is 35.5. The van der Waals surface area contributed by atoms with Crippen molar-refractivity contribution < 1.29 is 14.3 Å². The summed E-state index contributed by atoms with van der Waals surface area (Å²) in [6.07, 6.45) is 2.32. The number of carbonyl (C=O) groups excluding carboxylic acids is 2. The van der Waals surface area contributed by atoms with Gasteiger partial charge in [-0.2, -0.15) is 0 Å². The summed E-state index contributed by atoms with van der Waals surface area (Å²) in [4.78, 5) is 22.7. The Kier molecular flexibility index (Phi) is 6.65. The predicted octanol–water partition coefficient (Wildman–Crippen LogP) is 0.756. The molecule has 0 saturated carbocycles. The van der Waals surface area contributed by atoms with E-state index in [1.54, 1.807) is 0 Å². The summed E-state index contributed by atoms with van der Waals surface area (Å²) in [7, 11) is 1.33. The van der Waals surface area contributed by atoms with Crippen LogP contribution in [0.1, 0.15) is 23.1 Å². The van der Waals surface area contributed by atoms with Gasteiger partial charge in [0.25, 0.3) is 0 Å². The Labute approximate surface area is 130 Å². The van der Waals surface area contributed by atoms with Gasteiger partial charge in [-0.15, -0.1) is 12.4 Å². The van der Waals surface area contributed by atoms with Crippen LogP contribution < -0.4 is 11.1 Å². The molecule has 116 valence electrons. The molecule has 1 aromatic rings. The largest absolute Gasteiger partial charge is 0.469 e. The Balaban J connectivity index is 0.00000220. The molecule has 2 rings (SSSR count). The number of halogens is 1. The molecular formula is C15H21ClN2O3. The van der Waals surface area contributed by atoms with E-state index in [9.17, 15) is 9.59 Å². The topological polar surface area (TPSA) is 81.4 Å². The Hall–Kier alpha value is -1.59. The van der Waals surface area contributed by atoms with Gasteiger partial charge in [-0.05, 0) is 29.5 Å². The summed E-state index contributed by atoms with van der Waals surface area (Å²) < 4.78 is 4.51. The van der Waals surface area contributed by atoms with Crippen LogP contribution in [0.5, 0.6) is 0 Å². The first-order valence-corrected chi connectivity index (χ1v) is 6.78. The van der Waals surface area contributed by atoms with E-state index in [-0.39, 0.29) is 36.7 Å². The Morgan fingerprint density at radius 2 is 2.05 bits per heavy atom. The van der Waals surface area contributed by atoms with Gasteiger partial charge < -0.3 is 15.8 Å². The molecule has 5 nitrogen and oxygen atoms in total. The molecule has 0 spiro atoms. The number of ether oxygens (including phenoxy) is 1. The van der Waals surface area contributed by atoms with Crippen LogP contribution in [0.3, 0.4) is 0 Å². The molecule has 21 heavy (non-hydrogen) atoms. The second-order valence-electron chi connectivity index (χ2n) is 5.12. The number of carbonyl (C=O) groups is 2. The SMILES string of the molecule is COC(=O)CCNC(=O)Cc1ccc2c(c1)CC(N)C2.Cl. The maximum absolute atomic E-state index is 11.8. The summed E-state index contributed by atoms with van der Waals surface area (Å²) in [5, 5.41) is 2.71. The zero-order valence-corrected chi connectivity index (χ0v) is 12.9. The summed E-state index contributed by atoms with van der Waals surface area (Å²) in [5.41, 5.74) is 9.43. The highest BCUT2D eigenvalue weighted by Gasteiger charge is 2.18. The number of methoxy groups -OCH3 is 1. The molecule has 0 fully saturated rings. The molecule has 0 radical (unpaired) electrons. The molecule has 1 aliphatic rings. The van der Waals surface area contributed by atoms with Crippen molar-refractivity contribution in [1.82, 2.24) is 5.32 Å². The van der Waals surface area contributed by atoms with Gasteiger partial charge in [0.05, 0.1) is 20.0 Å². The first kappa shape index (κ1) is 17.5. The number of hydrogen-bond donors (Lipinski definition) is 2. The van der Waals surface area contributed by atoms with E-state index in [2.05, 4.69) is 22.2 Å². The lowest BCUT2D eigenvalue weighted by atomic mass is 10.0. The number of esters is 1. The number of fused-ring (bicyclic) bond motifs is 1. The first-order valence-electron chi connectivity index (χ1n) is 6.78. The minimum absolute atomic E-state index is 0. The molecule has 0 heterocycles. The first-order chi connectivity index (χ1) is 9.58. The summed E-state index contributed by atoms with van der Waals surface area (Å²) in [5.74, 6) is -0.409. The van der Waals surface area contributed by atoms with E-state index in [1.807, 2.05) is 6.07 Å². The lowest BCUT2D eigenvalue weighted by Gasteiger charge is -2.06.